The molecule has 54 valence electrons. The Kier molecular flexibility index (Phi) is 2.36. The topological polar surface area (TPSA) is 8.81 Å². The fourth-order valence-corrected chi connectivity index (χ4v) is 0.837. The summed E-state index contributed by atoms with van der Waals surface area (Å²) < 4.78 is 3.80. The zero-order valence-corrected chi connectivity index (χ0v) is 6.20. The van der Waals surface area contributed by atoms with Crippen LogP contribution in [0.3, 0.4) is 0 Å². The summed E-state index contributed by atoms with van der Waals surface area (Å²) in [6.07, 6.45) is 15.9. The predicted molar refractivity (Wildman–Crippen MR) is 42.3 cm³/mol. The minimum absolute atomic E-state index is 0.595. The van der Waals surface area contributed by atoms with Crippen molar-refractivity contribution in [2.24, 2.45) is 0 Å². The van der Waals surface area contributed by atoms with Crippen LogP contribution in [-0.4, -0.2) is 4.57 Å². The second-order valence-electron chi connectivity index (χ2n) is 2.17. The van der Waals surface area contributed by atoms with Crippen LogP contribution in [0, 0.1) is 24.7 Å². The van der Waals surface area contributed by atoms with Gasteiger partial charge in [-0.25, -0.2) is 9.13 Å². The first kappa shape index (κ1) is 7.44. The molecule has 0 unspecified atom stereocenters. The highest BCUT2D eigenvalue weighted by molar-refractivity contribution is 4.86. The highest BCUT2D eigenvalue weighted by Gasteiger charge is 1.98. The van der Waals surface area contributed by atoms with Gasteiger partial charge in [0.05, 0.1) is 0 Å². The first-order valence-corrected chi connectivity index (χ1v) is 3.28. The van der Waals surface area contributed by atoms with E-state index in [0.717, 1.165) is 0 Å². The van der Waals surface area contributed by atoms with Crippen molar-refractivity contribution in [1.82, 2.24) is 4.57 Å². The molecule has 0 radical (unpaired) electrons. The highest BCUT2D eigenvalue weighted by Crippen LogP contribution is 1.81. The fraction of sp³-hybridized carbons (Fsp3) is 0.222. The molecule has 0 aliphatic rings. The third-order valence-corrected chi connectivity index (χ3v) is 1.29. The molecule has 0 aromatic carbocycles. The summed E-state index contributed by atoms with van der Waals surface area (Å²) in [6, 6.07) is 0. The van der Waals surface area contributed by atoms with Crippen LogP contribution in [0.25, 0.3) is 0 Å². The standard InChI is InChI=1S/C9H9N2/c1-3-5-10-7-8-11(9-10)6-4-2/h1-2,7-9H,5-6H2/q+1. The summed E-state index contributed by atoms with van der Waals surface area (Å²) in [6.45, 7) is 1.19. The van der Waals surface area contributed by atoms with Gasteiger partial charge in [-0.15, -0.1) is 12.8 Å². The first-order valence-electron chi connectivity index (χ1n) is 3.28. The van der Waals surface area contributed by atoms with E-state index in [9.17, 15) is 0 Å². The van der Waals surface area contributed by atoms with Crippen molar-refractivity contribution < 1.29 is 4.57 Å². The molecule has 0 aliphatic carbocycles. The van der Waals surface area contributed by atoms with Gasteiger partial charge in [-0.3, -0.25) is 0 Å². The Morgan fingerprint density at radius 3 is 2.82 bits per heavy atom. The Morgan fingerprint density at radius 2 is 2.18 bits per heavy atom. The van der Waals surface area contributed by atoms with Crippen molar-refractivity contribution in [3.63, 3.8) is 0 Å². The maximum atomic E-state index is 5.12. The summed E-state index contributed by atoms with van der Waals surface area (Å²) in [5, 5.41) is 0. The average molecular weight is 145 g/mol. The minimum atomic E-state index is 0.595. The molecule has 0 saturated heterocycles. The lowest BCUT2D eigenvalue weighted by molar-refractivity contribution is -0.684. The van der Waals surface area contributed by atoms with Gasteiger partial charge >= 0.3 is 0 Å². The fourth-order valence-electron chi connectivity index (χ4n) is 0.837. The van der Waals surface area contributed by atoms with Crippen LogP contribution in [0.1, 0.15) is 0 Å². The zero-order valence-electron chi connectivity index (χ0n) is 6.20. The van der Waals surface area contributed by atoms with Gasteiger partial charge in [0.2, 0.25) is 6.33 Å². The highest BCUT2D eigenvalue weighted by atomic mass is 15.1. The van der Waals surface area contributed by atoms with E-state index in [1.54, 1.807) is 0 Å². The van der Waals surface area contributed by atoms with Gasteiger partial charge in [-0.2, -0.15) is 0 Å². The summed E-state index contributed by atoms with van der Waals surface area (Å²) in [5.41, 5.74) is 0. The number of aromatic nitrogens is 2. The second kappa shape index (κ2) is 3.49. The average Bonchev–Trinajstić information content (AvgIpc) is 2.38. The SMILES string of the molecule is C#CCn1cc[n+](CC#C)c1. The van der Waals surface area contributed by atoms with E-state index in [0.29, 0.717) is 13.1 Å². The molecule has 11 heavy (non-hydrogen) atoms. The maximum absolute atomic E-state index is 5.12. The summed E-state index contributed by atoms with van der Waals surface area (Å²) in [7, 11) is 0. The Bertz CT molecular complexity index is 279. The molecule has 0 spiro atoms. The monoisotopic (exact) mass is 145 g/mol. The molecular formula is C9H9N2+. The Labute approximate surface area is 66.5 Å². The van der Waals surface area contributed by atoms with E-state index in [-0.39, 0.29) is 0 Å². The van der Waals surface area contributed by atoms with Crippen LogP contribution in [0.4, 0.5) is 0 Å². The van der Waals surface area contributed by atoms with Gasteiger partial charge in [0.1, 0.15) is 12.4 Å². The Balaban J connectivity index is 2.69. The summed E-state index contributed by atoms with van der Waals surface area (Å²) >= 11 is 0. The minimum Gasteiger partial charge on any atom is -0.226 e. The number of imidazole rings is 1. The lowest BCUT2D eigenvalue weighted by Crippen LogP contribution is -2.29. The van der Waals surface area contributed by atoms with E-state index in [1.807, 2.05) is 27.9 Å². The Hall–Kier alpha value is -1.67. The number of nitrogens with zero attached hydrogens (tertiary/aromatic N) is 2. The summed E-state index contributed by atoms with van der Waals surface area (Å²) in [4.78, 5) is 0. The molecule has 0 fully saturated rings. The molecule has 0 bridgehead atoms. The number of terminal acetylenes is 2. The van der Waals surface area contributed by atoms with E-state index in [1.165, 1.54) is 0 Å². The maximum Gasteiger partial charge on any atom is 0.245 e. The summed E-state index contributed by atoms with van der Waals surface area (Å²) in [5.74, 6) is 5.07. The van der Waals surface area contributed by atoms with Gasteiger partial charge in [0, 0.05) is 0 Å². The molecule has 0 saturated carbocycles. The van der Waals surface area contributed by atoms with Crippen LogP contribution >= 0.6 is 0 Å². The van der Waals surface area contributed by atoms with E-state index in [4.69, 9.17) is 12.8 Å². The van der Waals surface area contributed by atoms with Crippen LogP contribution in [0.15, 0.2) is 18.7 Å². The molecule has 1 aromatic rings. The van der Waals surface area contributed by atoms with Crippen LogP contribution in [0.2, 0.25) is 0 Å². The predicted octanol–water partition coefficient (Wildman–Crippen LogP) is 0.0420. The van der Waals surface area contributed by atoms with Crippen LogP contribution < -0.4 is 4.57 Å². The van der Waals surface area contributed by atoms with E-state index in [2.05, 4.69) is 11.8 Å². The van der Waals surface area contributed by atoms with Crippen molar-refractivity contribution in [2.45, 2.75) is 13.1 Å². The quantitative estimate of drug-likeness (QED) is 0.410. The second-order valence-corrected chi connectivity index (χ2v) is 2.17. The van der Waals surface area contributed by atoms with Gasteiger partial charge in [0.25, 0.3) is 0 Å². The molecule has 0 N–H and O–H groups in total. The van der Waals surface area contributed by atoms with Crippen molar-refractivity contribution >= 4 is 0 Å². The van der Waals surface area contributed by atoms with Gasteiger partial charge in [0.15, 0.2) is 13.1 Å². The number of hydrogen-bond acceptors (Lipinski definition) is 0. The molecule has 0 amide bonds. The third-order valence-electron chi connectivity index (χ3n) is 1.29. The van der Waals surface area contributed by atoms with Gasteiger partial charge < -0.3 is 0 Å². The molecule has 0 atom stereocenters. The molecular weight excluding hydrogens is 136 g/mol. The molecule has 1 aromatic heterocycles. The van der Waals surface area contributed by atoms with Crippen molar-refractivity contribution in [3.05, 3.63) is 18.7 Å². The number of rotatable bonds is 2. The molecule has 2 nitrogen and oxygen atoms in total. The van der Waals surface area contributed by atoms with Gasteiger partial charge in [-0.1, -0.05) is 11.8 Å². The third kappa shape index (κ3) is 1.88. The largest absolute Gasteiger partial charge is 0.245 e. The van der Waals surface area contributed by atoms with Crippen LogP contribution in [-0.2, 0) is 13.1 Å². The van der Waals surface area contributed by atoms with Crippen molar-refractivity contribution in [2.75, 3.05) is 0 Å². The first-order chi connectivity index (χ1) is 5.36. The number of hydrogen-bond donors (Lipinski definition) is 0. The van der Waals surface area contributed by atoms with Gasteiger partial charge in [-0.05, 0) is 0 Å². The Morgan fingerprint density at radius 1 is 1.36 bits per heavy atom. The zero-order chi connectivity index (χ0) is 8.10. The van der Waals surface area contributed by atoms with Crippen molar-refractivity contribution in [1.29, 1.82) is 0 Å². The molecule has 1 heterocycles. The smallest absolute Gasteiger partial charge is 0.226 e. The van der Waals surface area contributed by atoms with E-state index < -0.39 is 0 Å². The lowest BCUT2D eigenvalue weighted by Gasteiger charge is -1.84. The molecule has 0 aliphatic heterocycles. The lowest BCUT2D eigenvalue weighted by atomic mass is 10.6. The van der Waals surface area contributed by atoms with Crippen molar-refractivity contribution in [3.8, 4) is 24.7 Å². The molecule has 1 rings (SSSR count). The van der Waals surface area contributed by atoms with E-state index >= 15 is 0 Å². The normalized spacial score (nSPS) is 8.55. The molecule has 2 heteroatoms. The van der Waals surface area contributed by atoms with Crippen LogP contribution in [0.5, 0.6) is 0 Å².